The first kappa shape index (κ1) is 12.2. The van der Waals surface area contributed by atoms with Crippen molar-refractivity contribution in [2.24, 2.45) is 0 Å². The Kier molecular flexibility index (Phi) is 3.65. The first-order valence-electron chi connectivity index (χ1n) is 5.14. The van der Waals surface area contributed by atoms with Gasteiger partial charge in [-0.15, -0.1) is 0 Å². The lowest BCUT2D eigenvalue weighted by Gasteiger charge is -2.26. The van der Waals surface area contributed by atoms with Gasteiger partial charge in [0, 0.05) is 12.6 Å². The second-order valence-corrected chi connectivity index (χ2v) is 3.75. The van der Waals surface area contributed by atoms with Crippen LogP contribution in [0.1, 0.15) is 20.8 Å². The highest BCUT2D eigenvalue weighted by atomic mass is 16.6. The number of aromatic nitrogens is 1. The standard InChI is InChI=1S/C10H16N4O2/c1-4-13(7(2)3)10-6-8(14(15)16)5-9(11)12-10/h5-7H,4H2,1-3H3,(H2,11,12). The SMILES string of the molecule is CCN(c1cc([N+](=O)[O-])cc(N)n1)C(C)C. The van der Waals surface area contributed by atoms with Crippen molar-refractivity contribution in [3.05, 3.63) is 22.2 Å². The van der Waals surface area contributed by atoms with Gasteiger partial charge in [0.1, 0.15) is 11.6 Å². The molecule has 0 amide bonds. The van der Waals surface area contributed by atoms with E-state index in [9.17, 15) is 10.1 Å². The lowest BCUT2D eigenvalue weighted by atomic mass is 10.3. The highest BCUT2D eigenvalue weighted by Crippen LogP contribution is 2.22. The number of hydrogen-bond acceptors (Lipinski definition) is 5. The Morgan fingerprint density at radius 2 is 2.19 bits per heavy atom. The molecule has 0 fully saturated rings. The number of rotatable bonds is 4. The average molecular weight is 224 g/mol. The van der Waals surface area contributed by atoms with Gasteiger partial charge in [0.15, 0.2) is 0 Å². The molecule has 2 N–H and O–H groups in total. The fourth-order valence-electron chi connectivity index (χ4n) is 1.57. The largest absolute Gasteiger partial charge is 0.383 e. The quantitative estimate of drug-likeness (QED) is 0.622. The lowest BCUT2D eigenvalue weighted by molar-refractivity contribution is -0.384. The molecule has 0 spiro atoms. The van der Waals surface area contributed by atoms with E-state index in [-0.39, 0.29) is 17.5 Å². The summed E-state index contributed by atoms with van der Waals surface area (Å²) in [5.74, 6) is 0.715. The van der Waals surface area contributed by atoms with E-state index in [4.69, 9.17) is 5.73 Å². The molecule has 0 radical (unpaired) electrons. The summed E-state index contributed by atoms with van der Waals surface area (Å²) < 4.78 is 0. The van der Waals surface area contributed by atoms with Crippen LogP contribution in [0.2, 0.25) is 0 Å². The Bertz CT molecular complexity index is 392. The molecule has 1 aromatic rings. The van der Waals surface area contributed by atoms with Crippen LogP contribution < -0.4 is 10.6 Å². The topological polar surface area (TPSA) is 85.3 Å². The van der Waals surface area contributed by atoms with E-state index in [1.54, 1.807) is 0 Å². The summed E-state index contributed by atoms with van der Waals surface area (Å²) in [7, 11) is 0. The second kappa shape index (κ2) is 4.78. The number of nitrogens with two attached hydrogens (primary N) is 1. The maximum Gasteiger partial charge on any atom is 0.276 e. The molecule has 1 heterocycles. The Morgan fingerprint density at radius 1 is 1.56 bits per heavy atom. The van der Waals surface area contributed by atoms with Gasteiger partial charge in [-0.25, -0.2) is 4.98 Å². The predicted molar refractivity (Wildman–Crippen MR) is 63.5 cm³/mol. The van der Waals surface area contributed by atoms with E-state index >= 15 is 0 Å². The fraction of sp³-hybridized carbons (Fsp3) is 0.500. The zero-order chi connectivity index (χ0) is 12.3. The molecule has 88 valence electrons. The minimum absolute atomic E-state index is 0.0263. The van der Waals surface area contributed by atoms with Crippen LogP contribution >= 0.6 is 0 Å². The van der Waals surface area contributed by atoms with Crippen molar-refractivity contribution >= 4 is 17.3 Å². The Balaban J connectivity index is 3.17. The highest BCUT2D eigenvalue weighted by Gasteiger charge is 2.15. The zero-order valence-electron chi connectivity index (χ0n) is 9.67. The van der Waals surface area contributed by atoms with Gasteiger partial charge in [0.25, 0.3) is 5.69 Å². The molecule has 0 aliphatic heterocycles. The molecule has 1 rings (SSSR count). The normalized spacial score (nSPS) is 10.5. The molecule has 0 saturated heterocycles. The molecule has 6 nitrogen and oxygen atoms in total. The number of pyridine rings is 1. The van der Waals surface area contributed by atoms with Crippen molar-refractivity contribution < 1.29 is 4.92 Å². The van der Waals surface area contributed by atoms with Crippen molar-refractivity contribution in [2.45, 2.75) is 26.8 Å². The van der Waals surface area contributed by atoms with Crippen molar-refractivity contribution in [3.63, 3.8) is 0 Å². The molecule has 1 aromatic heterocycles. The highest BCUT2D eigenvalue weighted by molar-refractivity contribution is 5.54. The van der Waals surface area contributed by atoms with Gasteiger partial charge in [-0.2, -0.15) is 0 Å². The van der Waals surface area contributed by atoms with Gasteiger partial charge >= 0.3 is 0 Å². The van der Waals surface area contributed by atoms with Crippen LogP contribution in [0, 0.1) is 10.1 Å². The van der Waals surface area contributed by atoms with Crippen LogP contribution in [0.3, 0.4) is 0 Å². The Labute approximate surface area is 94.2 Å². The van der Waals surface area contributed by atoms with Crippen LogP contribution in [0.5, 0.6) is 0 Å². The zero-order valence-corrected chi connectivity index (χ0v) is 9.67. The summed E-state index contributed by atoms with van der Waals surface area (Å²) in [6.45, 7) is 6.70. The van der Waals surface area contributed by atoms with Crippen molar-refractivity contribution in [3.8, 4) is 0 Å². The maximum absolute atomic E-state index is 10.7. The minimum Gasteiger partial charge on any atom is -0.383 e. The third-order valence-electron chi connectivity index (χ3n) is 2.29. The molecule has 6 heteroatoms. The number of hydrogen-bond donors (Lipinski definition) is 1. The predicted octanol–water partition coefficient (Wildman–Crippen LogP) is 1.81. The van der Waals surface area contributed by atoms with E-state index < -0.39 is 4.92 Å². The first-order valence-corrected chi connectivity index (χ1v) is 5.14. The van der Waals surface area contributed by atoms with Crippen molar-refractivity contribution in [1.82, 2.24) is 4.98 Å². The average Bonchev–Trinajstić information content (AvgIpc) is 2.17. The summed E-state index contributed by atoms with van der Waals surface area (Å²) in [5, 5.41) is 10.7. The van der Waals surface area contributed by atoms with E-state index in [1.807, 2.05) is 25.7 Å². The van der Waals surface area contributed by atoms with Gasteiger partial charge in [0.2, 0.25) is 0 Å². The van der Waals surface area contributed by atoms with Crippen molar-refractivity contribution in [2.75, 3.05) is 17.2 Å². The van der Waals surface area contributed by atoms with Crippen LogP contribution in [0.15, 0.2) is 12.1 Å². The second-order valence-electron chi connectivity index (χ2n) is 3.75. The number of nitrogen functional groups attached to an aromatic ring is 1. The van der Waals surface area contributed by atoms with Gasteiger partial charge in [-0.3, -0.25) is 10.1 Å². The molecule has 0 unspecified atom stereocenters. The van der Waals surface area contributed by atoms with Crippen LogP contribution in [-0.2, 0) is 0 Å². The molecule has 0 bridgehead atoms. The molecule has 0 aliphatic carbocycles. The minimum atomic E-state index is -0.463. The molecule has 0 atom stereocenters. The Morgan fingerprint density at radius 3 is 2.62 bits per heavy atom. The first-order chi connectivity index (χ1) is 7.45. The van der Waals surface area contributed by atoms with Gasteiger partial charge in [-0.1, -0.05) is 0 Å². The lowest BCUT2D eigenvalue weighted by Crippen LogP contribution is -2.31. The summed E-state index contributed by atoms with van der Waals surface area (Å²) in [6, 6.07) is 2.93. The molecule has 16 heavy (non-hydrogen) atoms. The summed E-state index contributed by atoms with van der Waals surface area (Å²) in [5.41, 5.74) is 5.52. The molecule has 0 aromatic carbocycles. The summed E-state index contributed by atoms with van der Waals surface area (Å²) in [4.78, 5) is 16.3. The third-order valence-corrected chi connectivity index (χ3v) is 2.29. The van der Waals surface area contributed by atoms with Gasteiger partial charge in [-0.05, 0) is 20.8 Å². The molecule has 0 aliphatic rings. The number of nitro groups is 1. The number of anilines is 2. The van der Waals surface area contributed by atoms with E-state index in [0.29, 0.717) is 5.82 Å². The van der Waals surface area contributed by atoms with Crippen LogP contribution in [0.4, 0.5) is 17.3 Å². The Hall–Kier alpha value is -1.85. The summed E-state index contributed by atoms with van der Waals surface area (Å²) >= 11 is 0. The maximum atomic E-state index is 10.7. The van der Waals surface area contributed by atoms with E-state index in [2.05, 4.69) is 4.98 Å². The van der Waals surface area contributed by atoms with Crippen molar-refractivity contribution in [1.29, 1.82) is 0 Å². The van der Waals surface area contributed by atoms with Crippen LogP contribution in [-0.4, -0.2) is 22.5 Å². The third kappa shape index (κ3) is 2.59. The molecular formula is C10H16N4O2. The number of nitrogens with zero attached hydrogens (tertiary/aromatic N) is 3. The summed E-state index contributed by atoms with van der Waals surface area (Å²) in [6.07, 6.45) is 0. The molecule has 0 saturated carbocycles. The van der Waals surface area contributed by atoms with Gasteiger partial charge in [0.05, 0.1) is 17.1 Å². The van der Waals surface area contributed by atoms with E-state index in [1.165, 1.54) is 12.1 Å². The van der Waals surface area contributed by atoms with E-state index in [0.717, 1.165) is 6.54 Å². The van der Waals surface area contributed by atoms with Crippen LogP contribution in [0.25, 0.3) is 0 Å². The van der Waals surface area contributed by atoms with Gasteiger partial charge < -0.3 is 10.6 Å². The molecular weight excluding hydrogens is 208 g/mol. The smallest absolute Gasteiger partial charge is 0.276 e. The monoisotopic (exact) mass is 224 g/mol. The fourth-order valence-corrected chi connectivity index (χ4v) is 1.57.